The van der Waals surface area contributed by atoms with Crippen LogP contribution in [0, 0.1) is 32.1 Å². The van der Waals surface area contributed by atoms with E-state index in [0.717, 1.165) is 14.2 Å². The normalized spacial score (nSPS) is 34.2. The monoisotopic (exact) mass is 358 g/mol. The molecule has 12 nitrogen and oxygen atoms in total. The van der Waals surface area contributed by atoms with Crippen molar-refractivity contribution in [2.24, 2.45) is 11.8 Å². The minimum atomic E-state index is -2.81. The van der Waals surface area contributed by atoms with Crippen LogP contribution in [-0.4, -0.2) is 58.6 Å². The van der Waals surface area contributed by atoms with E-state index in [1.54, 1.807) is 0 Å². The molecule has 0 heterocycles. The highest BCUT2D eigenvalue weighted by Gasteiger charge is 2.74. The number of hydrogen-bond acceptors (Lipinski definition) is 10. The standard InChI is InChI=1S/C13H14N2O10/c1-24-10(18)12(14(20)21)4-6-3-7(8(12)16)5-13(9(6)17,15(22)23)11(19)25-2/h6-7H,3-5H2,1-2H3/t6-,7+,12-,13+. The lowest BCUT2D eigenvalue weighted by molar-refractivity contribution is -0.552. The van der Waals surface area contributed by atoms with Crippen molar-refractivity contribution in [3.63, 3.8) is 0 Å². The van der Waals surface area contributed by atoms with Crippen molar-refractivity contribution in [1.29, 1.82) is 0 Å². The molecule has 0 N–H and O–H groups in total. The molecule has 0 amide bonds. The van der Waals surface area contributed by atoms with E-state index in [4.69, 9.17) is 0 Å². The molecule has 0 aromatic heterocycles. The summed E-state index contributed by atoms with van der Waals surface area (Å²) < 4.78 is 8.71. The second-order valence-electron chi connectivity index (χ2n) is 5.98. The van der Waals surface area contributed by atoms with Crippen molar-refractivity contribution in [3.8, 4) is 0 Å². The van der Waals surface area contributed by atoms with Gasteiger partial charge in [-0.15, -0.1) is 0 Å². The highest BCUT2D eigenvalue weighted by Crippen LogP contribution is 2.47. The van der Waals surface area contributed by atoms with Gasteiger partial charge < -0.3 is 9.47 Å². The molecule has 12 heteroatoms. The van der Waals surface area contributed by atoms with Crippen LogP contribution in [0.2, 0.25) is 0 Å². The first kappa shape index (κ1) is 18.4. The summed E-state index contributed by atoms with van der Waals surface area (Å²) in [5.74, 6) is -8.10. The summed E-state index contributed by atoms with van der Waals surface area (Å²) >= 11 is 0. The van der Waals surface area contributed by atoms with Crippen LogP contribution < -0.4 is 0 Å². The van der Waals surface area contributed by atoms with Crippen molar-refractivity contribution >= 4 is 23.5 Å². The maximum Gasteiger partial charge on any atom is 0.392 e. The summed E-state index contributed by atoms with van der Waals surface area (Å²) in [5.41, 5.74) is -5.62. The average Bonchev–Trinajstić information content (AvgIpc) is 2.58. The van der Waals surface area contributed by atoms with Gasteiger partial charge in [-0.25, -0.2) is 9.59 Å². The molecular formula is C13H14N2O10. The second kappa shape index (κ2) is 5.86. The van der Waals surface area contributed by atoms with Gasteiger partial charge in [0.25, 0.3) is 0 Å². The van der Waals surface area contributed by atoms with Gasteiger partial charge in [-0.2, -0.15) is 0 Å². The molecule has 2 rings (SSSR count). The summed E-state index contributed by atoms with van der Waals surface area (Å²) in [6, 6.07) is 0. The molecule has 0 aromatic carbocycles. The highest BCUT2D eigenvalue weighted by atomic mass is 16.6. The molecule has 0 radical (unpaired) electrons. The van der Waals surface area contributed by atoms with E-state index in [9.17, 15) is 39.4 Å². The van der Waals surface area contributed by atoms with Gasteiger partial charge in [0.05, 0.1) is 14.2 Å². The molecule has 2 aliphatic rings. The Bertz CT molecular complexity index is 645. The molecule has 2 saturated carbocycles. The number of Topliss-reactive ketones (excluding diaryl/α,β-unsaturated/α-hetero) is 2. The Labute approximate surface area is 139 Å². The number of nitrogens with zero attached hydrogens (tertiary/aromatic N) is 2. The fourth-order valence-electron chi connectivity index (χ4n) is 3.68. The fourth-order valence-corrected chi connectivity index (χ4v) is 3.68. The number of ether oxygens (including phenoxy) is 2. The lowest BCUT2D eigenvalue weighted by Crippen LogP contribution is -2.69. The summed E-state index contributed by atoms with van der Waals surface area (Å²) in [6.45, 7) is 0. The zero-order chi connectivity index (χ0) is 19.2. The molecule has 4 atom stereocenters. The van der Waals surface area contributed by atoms with Crippen LogP contribution in [0.3, 0.4) is 0 Å². The van der Waals surface area contributed by atoms with Crippen LogP contribution in [0.5, 0.6) is 0 Å². The number of esters is 2. The molecule has 2 bridgehead atoms. The molecule has 2 fully saturated rings. The fraction of sp³-hybridized carbons (Fsp3) is 0.692. The van der Waals surface area contributed by atoms with Crippen LogP contribution in [0.15, 0.2) is 0 Å². The number of ketones is 2. The number of carbonyl (C=O) groups is 4. The summed E-state index contributed by atoms with van der Waals surface area (Å²) in [7, 11) is 1.70. The van der Waals surface area contributed by atoms with Gasteiger partial charge in [0, 0.05) is 34.5 Å². The lowest BCUT2D eigenvalue weighted by Gasteiger charge is -2.41. The molecule has 0 aromatic rings. The van der Waals surface area contributed by atoms with Crippen molar-refractivity contribution < 1.29 is 38.5 Å². The Morgan fingerprint density at radius 3 is 1.48 bits per heavy atom. The minimum absolute atomic E-state index is 0.211. The average molecular weight is 358 g/mol. The maximum absolute atomic E-state index is 12.6. The molecular weight excluding hydrogens is 344 g/mol. The predicted molar refractivity (Wildman–Crippen MR) is 74.3 cm³/mol. The first-order valence-electron chi connectivity index (χ1n) is 7.14. The topological polar surface area (TPSA) is 173 Å². The number of nitro groups is 2. The van der Waals surface area contributed by atoms with Crippen LogP contribution in [0.1, 0.15) is 19.3 Å². The Morgan fingerprint density at radius 1 is 0.920 bits per heavy atom. The smallest absolute Gasteiger partial charge is 0.392 e. The van der Waals surface area contributed by atoms with Gasteiger partial charge in [0.2, 0.25) is 11.6 Å². The summed E-state index contributed by atoms with van der Waals surface area (Å²) in [4.78, 5) is 69.7. The van der Waals surface area contributed by atoms with Crippen molar-refractivity contribution in [1.82, 2.24) is 0 Å². The number of rotatable bonds is 4. The lowest BCUT2D eigenvalue weighted by atomic mass is 9.58. The molecule has 0 spiro atoms. The zero-order valence-corrected chi connectivity index (χ0v) is 13.3. The summed E-state index contributed by atoms with van der Waals surface area (Å²) in [6.07, 6.45) is -2.00. The van der Waals surface area contributed by atoms with Gasteiger partial charge in [0.15, 0.2) is 0 Å². The van der Waals surface area contributed by atoms with Crippen molar-refractivity contribution in [2.75, 3.05) is 14.2 Å². The van der Waals surface area contributed by atoms with E-state index in [1.165, 1.54) is 0 Å². The van der Waals surface area contributed by atoms with E-state index < -0.39 is 69.1 Å². The second-order valence-corrected chi connectivity index (χ2v) is 5.98. The van der Waals surface area contributed by atoms with E-state index in [1.807, 2.05) is 0 Å². The predicted octanol–water partition coefficient (Wildman–Crippen LogP) is -1.07. The van der Waals surface area contributed by atoms with Gasteiger partial charge >= 0.3 is 23.0 Å². The van der Waals surface area contributed by atoms with E-state index in [-0.39, 0.29) is 6.42 Å². The Morgan fingerprint density at radius 2 is 1.24 bits per heavy atom. The third kappa shape index (κ3) is 2.20. The van der Waals surface area contributed by atoms with Crippen LogP contribution >= 0.6 is 0 Å². The first-order chi connectivity index (χ1) is 11.6. The quantitative estimate of drug-likeness (QED) is 0.260. The van der Waals surface area contributed by atoms with Gasteiger partial charge in [-0.1, -0.05) is 0 Å². The largest absolute Gasteiger partial charge is 0.463 e. The number of carbonyl (C=O) groups excluding carboxylic acids is 4. The third-order valence-electron chi connectivity index (χ3n) is 4.88. The number of hydrogen-bond donors (Lipinski definition) is 0. The molecule has 136 valence electrons. The van der Waals surface area contributed by atoms with Crippen LogP contribution in [0.4, 0.5) is 0 Å². The molecule has 0 unspecified atom stereocenters. The van der Waals surface area contributed by atoms with E-state index in [2.05, 4.69) is 9.47 Å². The Hall–Kier alpha value is -2.92. The van der Waals surface area contributed by atoms with Gasteiger partial charge in [0.1, 0.15) is 0 Å². The van der Waals surface area contributed by atoms with E-state index in [0.29, 0.717) is 0 Å². The van der Waals surface area contributed by atoms with Gasteiger partial charge in [-0.05, 0) is 6.42 Å². The van der Waals surface area contributed by atoms with Crippen LogP contribution in [0.25, 0.3) is 0 Å². The first-order valence-corrected chi connectivity index (χ1v) is 7.14. The zero-order valence-electron chi connectivity index (χ0n) is 13.3. The molecule has 25 heavy (non-hydrogen) atoms. The third-order valence-corrected chi connectivity index (χ3v) is 4.88. The maximum atomic E-state index is 12.6. The van der Waals surface area contributed by atoms with Crippen molar-refractivity contribution in [3.05, 3.63) is 20.2 Å². The SMILES string of the molecule is COC(=O)[C@@]1([N+](=O)[O-])C[C@H]2C[C@@H](C[C@](C(=O)OC)([N+](=O)[O-])C2=O)C1=O. The van der Waals surface area contributed by atoms with Crippen LogP contribution in [-0.2, 0) is 28.7 Å². The Balaban J connectivity index is 2.59. The molecule has 2 aliphatic carbocycles. The van der Waals surface area contributed by atoms with E-state index >= 15 is 0 Å². The molecule has 0 saturated heterocycles. The van der Waals surface area contributed by atoms with Gasteiger partial charge in [-0.3, -0.25) is 29.8 Å². The molecule has 0 aliphatic heterocycles. The number of fused-ring (bicyclic) bond motifs is 2. The number of methoxy groups -OCH3 is 2. The minimum Gasteiger partial charge on any atom is -0.463 e. The van der Waals surface area contributed by atoms with Crippen molar-refractivity contribution in [2.45, 2.75) is 30.3 Å². The Kier molecular flexibility index (Phi) is 4.32. The summed E-state index contributed by atoms with van der Waals surface area (Å²) in [5, 5.41) is 22.9. The highest BCUT2D eigenvalue weighted by molar-refractivity contribution is 6.14.